The van der Waals surface area contributed by atoms with Gasteiger partial charge >= 0.3 is 0 Å². The molecule has 0 unspecified atom stereocenters. The van der Waals surface area contributed by atoms with Crippen LogP contribution in [-0.2, 0) is 11.8 Å². The zero-order chi connectivity index (χ0) is 14.5. The van der Waals surface area contributed by atoms with Crippen LogP contribution in [0.15, 0.2) is 29.4 Å². The van der Waals surface area contributed by atoms with E-state index in [2.05, 4.69) is 34.7 Å². The van der Waals surface area contributed by atoms with Gasteiger partial charge in [0.1, 0.15) is 0 Å². The fourth-order valence-corrected chi connectivity index (χ4v) is 2.27. The molecule has 0 saturated carbocycles. The van der Waals surface area contributed by atoms with Crippen LogP contribution in [0.5, 0.6) is 0 Å². The van der Waals surface area contributed by atoms with Crippen LogP contribution in [0.1, 0.15) is 25.3 Å². The summed E-state index contributed by atoms with van der Waals surface area (Å²) in [5, 5.41) is 14.5. The first kappa shape index (κ1) is 14.5. The molecule has 2 rings (SSSR count). The molecule has 0 aliphatic carbocycles. The molecule has 0 aliphatic rings. The van der Waals surface area contributed by atoms with Gasteiger partial charge in [-0.05, 0) is 34.0 Å². The van der Waals surface area contributed by atoms with Gasteiger partial charge < -0.3 is 5.32 Å². The molecule has 1 N–H and O–H groups in total. The molecule has 0 bridgehead atoms. The van der Waals surface area contributed by atoms with Crippen molar-refractivity contribution in [2.45, 2.75) is 24.9 Å². The Bertz CT molecular complexity index is 579. The average Bonchev–Trinajstić information content (AvgIpc) is 2.82. The summed E-state index contributed by atoms with van der Waals surface area (Å²) >= 11 is 1.30. The molecule has 1 heterocycles. The van der Waals surface area contributed by atoms with Crippen LogP contribution < -0.4 is 5.32 Å². The molecule has 106 valence electrons. The topological polar surface area (TPSA) is 72.7 Å². The number of benzene rings is 1. The smallest absolute Gasteiger partial charge is 0.234 e. The van der Waals surface area contributed by atoms with E-state index >= 15 is 0 Å². The molecule has 1 aromatic heterocycles. The van der Waals surface area contributed by atoms with Crippen LogP contribution >= 0.6 is 11.8 Å². The summed E-state index contributed by atoms with van der Waals surface area (Å²) < 4.78 is 1.54. The van der Waals surface area contributed by atoms with Crippen LogP contribution in [0.4, 0.5) is 5.69 Å². The van der Waals surface area contributed by atoms with Gasteiger partial charge in [-0.25, -0.2) is 4.68 Å². The average molecular weight is 291 g/mol. The third-order valence-corrected chi connectivity index (χ3v) is 3.79. The van der Waals surface area contributed by atoms with Crippen molar-refractivity contribution in [1.82, 2.24) is 20.2 Å². The number of nitrogens with one attached hydrogen (secondary N) is 1. The normalized spacial score (nSPS) is 10.8. The van der Waals surface area contributed by atoms with E-state index in [1.165, 1.54) is 22.0 Å². The fraction of sp³-hybridized carbons (Fsp3) is 0.385. The van der Waals surface area contributed by atoms with Crippen LogP contribution in [0, 0.1) is 0 Å². The van der Waals surface area contributed by atoms with E-state index in [4.69, 9.17) is 0 Å². The van der Waals surface area contributed by atoms with E-state index in [0.717, 1.165) is 5.69 Å². The number of carbonyl (C=O) groups is 1. The van der Waals surface area contributed by atoms with E-state index in [-0.39, 0.29) is 11.7 Å². The maximum absolute atomic E-state index is 11.8. The van der Waals surface area contributed by atoms with Gasteiger partial charge in [0, 0.05) is 12.7 Å². The summed E-state index contributed by atoms with van der Waals surface area (Å²) in [6.07, 6.45) is 0. The van der Waals surface area contributed by atoms with Gasteiger partial charge in [0.15, 0.2) is 0 Å². The van der Waals surface area contributed by atoms with E-state index in [9.17, 15) is 4.79 Å². The van der Waals surface area contributed by atoms with E-state index in [0.29, 0.717) is 11.1 Å². The molecular weight excluding hydrogens is 274 g/mol. The summed E-state index contributed by atoms with van der Waals surface area (Å²) in [6.45, 7) is 4.28. The maximum atomic E-state index is 11.8. The summed E-state index contributed by atoms with van der Waals surface area (Å²) in [5.74, 6) is 0.689. The highest BCUT2D eigenvalue weighted by molar-refractivity contribution is 7.99. The number of amides is 1. The predicted molar refractivity (Wildman–Crippen MR) is 78.7 cm³/mol. The van der Waals surface area contributed by atoms with Gasteiger partial charge in [0.2, 0.25) is 11.1 Å². The Balaban J connectivity index is 1.86. The molecule has 6 nitrogen and oxygen atoms in total. The lowest BCUT2D eigenvalue weighted by atomic mass is 10.0. The largest absolute Gasteiger partial charge is 0.325 e. The van der Waals surface area contributed by atoms with E-state index in [1.807, 2.05) is 24.3 Å². The minimum atomic E-state index is -0.0738. The summed E-state index contributed by atoms with van der Waals surface area (Å²) in [4.78, 5) is 11.8. The van der Waals surface area contributed by atoms with Crippen LogP contribution in [-0.4, -0.2) is 31.9 Å². The molecule has 0 fully saturated rings. The predicted octanol–water partition coefficient (Wildman–Crippen LogP) is 2.06. The van der Waals surface area contributed by atoms with Crippen molar-refractivity contribution >= 4 is 23.4 Å². The SMILES string of the molecule is CC(C)c1ccc(NC(=O)CSc2nnnn2C)cc1. The van der Waals surface area contributed by atoms with Crippen molar-refractivity contribution in [1.29, 1.82) is 0 Å². The first-order chi connectivity index (χ1) is 9.56. The number of nitrogens with zero attached hydrogens (tertiary/aromatic N) is 4. The Morgan fingerprint density at radius 3 is 2.60 bits per heavy atom. The van der Waals surface area contributed by atoms with Gasteiger partial charge in [0.25, 0.3) is 0 Å². The van der Waals surface area contributed by atoms with Gasteiger partial charge in [0.05, 0.1) is 5.75 Å². The number of hydrogen-bond acceptors (Lipinski definition) is 5. The lowest BCUT2D eigenvalue weighted by Crippen LogP contribution is -2.14. The molecule has 1 aromatic carbocycles. The zero-order valence-electron chi connectivity index (χ0n) is 11.7. The van der Waals surface area contributed by atoms with Crippen molar-refractivity contribution < 1.29 is 4.79 Å². The molecule has 20 heavy (non-hydrogen) atoms. The van der Waals surface area contributed by atoms with Gasteiger partial charge in [-0.1, -0.05) is 37.7 Å². The Kier molecular flexibility index (Phi) is 4.73. The Morgan fingerprint density at radius 2 is 2.05 bits per heavy atom. The molecule has 0 radical (unpaired) electrons. The highest BCUT2D eigenvalue weighted by atomic mass is 32.2. The lowest BCUT2D eigenvalue weighted by molar-refractivity contribution is -0.113. The standard InChI is InChI=1S/C13H17N5OS/c1-9(2)10-4-6-11(7-5-10)14-12(19)8-20-13-15-16-17-18(13)3/h4-7,9H,8H2,1-3H3,(H,14,19). The van der Waals surface area contributed by atoms with Crippen molar-refractivity contribution in [3.8, 4) is 0 Å². The second kappa shape index (κ2) is 6.51. The van der Waals surface area contributed by atoms with Crippen molar-refractivity contribution in [2.75, 3.05) is 11.1 Å². The molecule has 0 aliphatic heterocycles. The number of carbonyl (C=O) groups excluding carboxylic acids is 1. The van der Waals surface area contributed by atoms with Crippen LogP contribution in [0.3, 0.4) is 0 Å². The van der Waals surface area contributed by atoms with Crippen molar-refractivity contribution in [2.24, 2.45) is 7.05 Å². The first-order valence-corrected chi connectivity index (χ1v) is 7.30. The molecule has 0 spiro atoms. The lowest BCUT2D eigenvalue weighted by Gasteiger charge is -2.08. The Hall–Kier alpha value is -1.89. The number of aromatic nitrogens is 4. The number of aryl methyl sites for hydroxylation is 1. The van der Waals surface area contributed by atoms with Crippen LogP contribution in [0.2, 0.25) is 0 Å². The number of tetrazole rings is 1. The maximum Gasteiger partial charge on any atom is 0.234 e. The second-order valence-corrected chi connectivity index (χ2v) is 5.64. The summed E-state index contributed by atoms with van der Waals surface area (Å²) in [5.41, 5.74) is 2.05. The number of hydrogen-bond donors (Lipinski definition) is 1. The van der Waals surface area contributed by atoms with Gasteiger partial charge in [-0.3, -0.25) is 4.79 Å². The fourth-order valence-electron chi connectivity index (χ4n) is 1.62. The van der Waals surface area contributed by atoms with Crippen LogP contribution in [0.25, 0.3) is 0 Å². The minimum Gasteiger partial charge on any atom is -0.325 e. The summed E-state index contributed by atoms with van der Waals surface area (Å²) in [7, 11) is 1.74. The Morgan fingerprint density at radius 1 is 1.35 bits per heavy atom. The Labute approximate surface area is 121 Å². The van der Waals surface area contributed by atoms with Gasteiger partial charge in [-0.2, -0.15) is 0 Å². The van der Waals surface area contributed by atoms with Crippen molar-refractivity contribution in [3.05, 3.63) is 29.8 Å². The molecule has 7 heteroatoms. The second-order valence-electron chi connectivity index (χ2n) is 4.70. The zero-order valence-corrected chi connectivity index (χ0v) is 12.5. The third-order valence-electron chi connectivity index (χ3n) is 2.77. The van der Waals surface area contributed by atoms with E-state index in [1.54, 1.807) is 7.05 Å². The molecular formula is C13H17N5OS. The van der Waals surface area contributed by atoms with E-state index < -0.39 is 0 Å². The molecule has 1 amide bonds. The minimum absolute atomic E-state index is 0.0738. The molecule has 0 atom stereocenters. The monoisotopic (exact) mass is 291 g/mol. The quantitative estimate of drug-likeness (QED) is 0.854. The van der Waals surface area contributed by atoms with Crippen molar-refractivity contribution in [3.63, 3.8) is 0 Å². The highest BCUT2D eigenvalue weighted by Crippen LogP contribution is 2.18. The number of anilines is 1. The highest BCUT2D eigenvalue weighted by Gasteiger charge is 2.08. The number of rotatable bonds is 5. The summed E-state index contributed by atoms with van der Waals surface area (Å²) in [6, 6.07) is 7.89. The molecule has 2 aromatic rings. The third kappa shape index (κ3) is 3.80. The number of thioether (sulfide) groups is 1. The van der Waals surface area contributed by atoms with Gasteiger partial charge in [-0.15, -0.1) is 5.10 Å². The first-order valence-electron chi connectivity index (χ1n) is 6.31. The molecule has 0 saturated heterocycles.